The van der Waals surface area contributed by atoms with Crippen molar-refractivity contribution in [2.45, 2.75) is 63.3 Å². The largest absolute Gasteiger partial charge is 0.461 e. The molecule has 3 saturated heterocycles. The topological polar surface area (TPSA) is 63.2 Å². The van der Waals surface area contributed by atoms with Gasteiger partial charge in [-0.15, -0.1) is 0 Å². The van der Waals surface area contributed by atoms with E-state index in [1.165, 1.54) is 0 Å². The van der Waals surface area contributed by atoms with Gasteiger partial charge in [-0.2, -0.15) is 0 Å². The summed E-state index contributed by atoms with van der Waals surface area (Å²) >= 11 is 0. The van der Waals surface area contributed by atoms with E-state index in [1.54, 1.807) is 0 Å². The highest BCUT2D eigenvalue weighted by Crippen LogP contribution is 2.24. The number of carbonyl (C=O) groups excluding carboxylic acids is 1. The third kappa shape index (κ3) is 3.49. The Labute approximate surface area is 118 Å². The van der Waals surface area contributed by atoms with Crippen molar-refractivity contribution in [2.75, 3.05) is 19.8 Å². The molecule has 0 aliphatic carbocycles. The molecule has 0 amide bonds. The smallest absolute Gasteiger partial charge is 0.338 e. The summed E-state index contributed by atoms with van der Waals surface area (Å²) in [6.07, 6.45) is 4.28. The van der Waals surface area contributed by atoms with Crippen LogP contribution in [0.4, 0.5) is 0 Å². The van der Waals surface area contributed by atoms with E-state index in [4.69, 9.17) is 23.7 Å². The third-order valence-electron chi connectivity index (χ3n) is 3.86. The number of cyclic esters (lactones) is 1. The van der Waals surface area contributed by atoms with E-state index in [9.17, 15) is 4.79 Å². The van der Waals surface area contributed by atoms with Gasteiger partial charge in [-0.25, -0.2) is 4.79 Å². The molecule has 0 spiro atoms. The fourth-order valence-electron chi connectivity index (χ4n) is 2.73. The van der Waals surface area contributed by atoms with Crippen molar-refractivity contribution in [3.05, 3.63) is 0 Å². The first-order chi connectivity index (χ1) is 9.83. The van der Waals surface area contributed by atoms with E-state index in [0.29, 0.717) is 13.2 Å². The molecule has 3 heterocycles. The Balaban J connectivity index is 1.53. The number of hydrogen-bond acceptors (Lipinski definition) is 6. The average molecular weight is 286 g/mol. The van der Waals surface area contributed by atoms with E-state index in [2.05, 4.69) is 0 Å². The highest BCUT2D eigenvalue weighted by Gasteiger charge is 2.42. The molecule has 0 saturated carbocycles. The monoisotopic (exact) mass is 286 g/mol. The third-order valence-corrected chi connectivity index (χ3v) is 3.86. The van der Waals surface area contributed by atoms with Gasteiger partial charge >= 0.3 is 5.97 Å². The first kappa shape index (κ1) is 14.3. The van der Waals surface area contributed by atoms with Crippen LogP contribution in [0.2, 0.25) is 0 Å². The van der Waals surface area contributed by atoms with E-state index < -0.39 is 12.2 Å². The van der Waals surface area contributed by atoms with Gasteiger partial charge in [0.15, 0.2) is 18.7 Å². The van der Waals surface area contributed by atoms with E-state index in [0.717, 1.165) is 38.5 Å². The van der Waals surface area contributed by atoms with Gasteiger partial charge in [0.1, 0.15) is 12.7 Å². The van der Waals surface area contributed by atoms with Gasteiger partial charge in [0, 0.05) is 13.2 Å². The van der Waals surface area contributed by atoms with E-state index in [1.807, 2.05) is 0 Å². The predicted molar refractivity (Wildman–Crippen MR) is 67.9 cm³/mol. The molecule has 3 aliphatic heterocycles. The lowest BCUT2D eigenvalue weighted by Crippen LogP contribution is -2.40. The predicted octanol–water partition coefficient (Wildman–Crippen LogP) is 1.37. The molecular formula is C14H22O6. The fourth-order valence-corrected chi connectivity index (χ4v) is 2.73. The maximum atomic E-state index is 11.8. The molecule has 0 unspecified atom stereocenters. The lowest BCUT2D eigenvalue weighted by Gasteiger charge is -2.29. The van der Waals surface area contributed by atoms with Gasteiger partial charge in [0.25, 0.3) is 0 Å². The quantitative estimate of drug-likeness (QED) is 0.727. The zero-order chi connectivity index (χ0) is 13.8. The van der Waals surface area contributed by atoms with Crippen LogP contribution in [0, 0.1) is 0 Å². The molecule has 3 fully saturated rings. The van der Waals surface area contributed by atoms with Crippen LogP contribution >= 0.6 is 0 Å². The van der Waals surface area contributed by atoms with Gasteiger partial charge in [0.2, 0.25) is 0 Å². The maximum Gasteiger partial charge on any atom is 0.338 e. The molecule has 0 aromatic heterocycles. The van der Waals surface area contributed by atoms with Crippen LogP contribution in [0.25, 0.3) is 0 Å². The highest BCUT2D eigenvalue weighted by molar-refractivity contribution is 5.77. The summed E-state index contributed by atoms with van der Waals surface area (Å²) in [6, 6.07) is 0. The highest BCUT2D eigenvalue weighted by atomic mass is 16.7. The van der Waals surface area contributed by atoms with Gasteiger partial charge in [-0.1, -0.05) is 0 Å². The lowest BCUT2D eigenvalue weighted by molar-refractivity contribution is -0.236. The minimum atomic E-state index is -0.691. The average Bonchev–Trinajstić information content (AvgIpc) is 2.83. The molecule has 114 valence electrons. The minimum Gasteiger partial charge on any atom is -0.461 e. The summed E-state index contributed by atoms with van der Waals surface area (Å²) in [5, 5.41) is 0. The molecule has 0 bridgehead atoms. The Kier molecular flexibility index (Phi) is 4.88. The molecule has 0 radical (unpaired) electrons. The van der Waals surface area contributed by atoms with Crippen molar-refractivity contribution in [3.8, 4) is 0 Å². The number of ether oxygens (including phenoxy) is 5. The number of esters is 1. The van der Waals surface area contributed by atoms with Crippen molar-refractivity contribution < 1.29 is 28.5 Å². The van der Waals surface area contributed by atoms with Gasteiger partial charge in [-0.3, -0.25) is 0 Å². The second-order valence-corrected chi connectivity index (χ2v) is 5.45. The van der Waals surface area contributed by atoms with Crippen LogP contribution in [0.5, 0.6) is 0 Å². The molecule has 6 nitrogen and oxygen atoms in total. The zero-order valence-corrected chi connectivity index (χ0v) is 11.6. The van der Waals surface area contributed by atoms with Crippen LogP contribution < -0.4 is 0 Å². The molecule has 6 heteroatoms. The Hall–Kier alpha value is -0.690. The SMILES string of the molecule is O=C1OC[C@@H](O[C@@H]2CCCCO2)[C@H]1O[C@@H]1CCCCO1. The van der Waals surface area contributed by atoms with E-state index >= 15 is 0 Å². The van der Waals surface area contributed by atoms with Crippen molar-refractivity contribution in [1.29, 1.82) is 0 Å². The molecule has 20 heavy (non-hydrogen) atoms. The molecule has 4 atom stereocenters. The molecular weight excluding hydrogens is 264 g/mol. The molecule has 3 rings (SSSR count). The first-order valence-electron chi connectivity index (χ1n) is 7.54. The van der Waals surface area contributed by atoms with Gasteiger partial charge < -0.3 is 23.7 Å². The van der Waals surface area contributed by atoms with Crippen molar-refractivity contribution in [2.24, 2.45) is 0 Å². The first-order valence-corrected chi connectivity index (χ1v) is 7.54. The number of hydrogen-bond donors (Lipinski definition) is 0. The molecule has 0 aromatic rings. The number of carbonyl (C=O) groups is 1. The zero-order valence-electron chi connectivity index (χ0n) is 11.6. The van der Waals surface area contributed by atoms with Crippen molar-refractivity contribution in [1.82, 2.24) is 0 Å². The van der Waals surface area contributed by atoms with E-state index in [-0.39, 0.29) is 25.2 Å². The van der Waals surface area contributed by atoms with Crippen LogP contribution in [0.15, 0.2) is 0 Å². The summed E-state index contributed by atoms with van der Waals surface area (Å²) in [5.74, 6) is -0.361. The second-order valence-electron chi connectivity index (χ2n) is 5.45. The minimum absolute atomic E-state index is 0.232. The Morgan fingerprint density at radius 2 is 1.55 bits per heavy atom. The lowest BCUT2D eigenvalue weighted by atomic mass is 10.2. The Morgan fingerprint density at radius 3 is 2.15 bits per heavy atom. The summed E-state index contributed by atoms with van der Waals surface area (Å²) in [4.78, 5) is 11.8. The summed E-state index contributed by atoms with van der Waals surface area (Å²) in [6.45, 7) is 1.63. The molecule has 3 aliphatic rings. The van der Waals surface area contributed by atoms with Crippen LogP contribution in [-0.2, 0) is 28.5 Å². The Morgan fingerprint density at radius 1 is 0.900 bits per heavy atom. The van der Waals surface area contributed by atoms with Crippen LogP contribution in [-0.4, -0.2) is 50.6 Å². The van der Waals surface area contributed by atoms with Crippen molar-refractivity contribution in [3.63, 3.8) is 0 Å². The fraction of sp³-hybridized carbons (Fsp3) is 0.929. The maximum absolute atomic E-state index is 11.8. The summed E-state index contributed by atoms with van der Waals surface area (Å²) in [7, 11) is 0. The van der Waals surface area contributed by atoms with Gasteiger partial charge in [0.05, 0.1) is 0 Å². The standard InChI is InChI=1S/C14H22O6/c15-14-13(20-12-6-2-4-8-17-12)10(9-18-14)19-11-5-1-3-7-16-11/h10-13H,1-9H2/t10-,11-,12-,13-/m1/s1. The summed E-state index contributed by atoms with van der Waals surface area (Å²) < 4.78 is 27.7. The summed E-state index contributed by atoms with van der Waals surface area (Å²) in [5.41, 5.74) is 0. The number of rotatable bonds is 4. The molecule has 0 aromatic carbocycles. The van der Waals surface area contributed by atoms with Crippen LogP contribution in [0.3, 0.4) is 0 Å². The second kappa shape index (κ2) is 6.85. The Bertz CT molecular complexity index is 322. The molecule has 0 N–H and O–H groups in total. The van der Waals surface area contributed by atoms with Crippen LogP contribution in [0.1, 0.15) is 38.5 Å². The van der Waals surface area contributed by atoms with Crippen molar-refractivity contribution >= 4 is 5.97 Å². The normalized spacial score (nSPS) is 38.7. The van der Waals surface area contributed by atoms with Gasteiger partial charge in [-0.05, 0) is 38.5 Å².